The van der Waals surface area contributed by atoms with E-state index in [9.17, 15) is 0 Å². The van der Waals surface area contributed by atoms with Gasteiger partial charge in [-0.2, -0.15) is 0 Å². The first kappa shape index (κ1) is 11.0. The van der Waals surface area contributed by atoms with Crippen molar-refractivity contribution in [1.82, 2.24) is 0 Å². The van der Waals surface area contributed by atoms with Crippen molar-refractivity contribution in [1.29, 1.82) is 0 Å². The lowest BCUT2D eigenvalue weighted by Gasteiger charge is -2.19. The topological polar surface area (TPSA) is 35.2 Å². The molecule has 1 saturated carbocycles. The molecule has 0 radical (unpaired) electrons. The van der Waals surface area contributed by atoms with Crippen molar-refractivity contribution < 1.29 is 4.74 Å². The van der Waals surface area contributed by atoms with Crippen molar-refractivity contribution in [3.8, 4) is 0 Å². The highest BCUT2D eigenvalue weighted by Gasteiger charge is 2.22. The van der Waals surface area contributed by atoms with Gasteiger partial charge in [-0.15, -0.1) is 0 Å². The fraction of sp³-hybridized carbons (Fsp3) is 1.00. The Bertz CT molecular complexity index is 151. The van der Waals surface area contributed by atoms with Crippen LogP contribution in [0.1, 0.15) is 46.5 Å². The molecular formula is C11H23NO. The minimum atomic E-state index is 0.389. The molecule has 0 amide bonds. The Hall–Kier alpha value is -0.0800. The lowest BCUT2D eigenvalue weighted by atomic mass is 9.93. The molecule has 0 heterocycles. The Morgan fingerprint density at radius 3 is 2.46 bits per heavy atom. The summed E-state index contributed by atoms with van der Waals surface area (Å²) in [7, 11) is 0. The summed E-state index contributed by atoms with van der Waals surface area (Å²) in [6.45, 7) is 7.63. The van der Waals surface area contributed by atoms with Gasteiger partial charge < -0.3 is 10.5 Å². The third-order valence-electron chi connectivity index (χ3n) is 2.63. The molecule has 2 atom stereocenters. The van der Waals surface area contributed by atoms with Crippen LogP contribution in [0.4, 0.5) is 0 Å². The van der Waals surface area contributed by atoms with Crippen molar-refractivity contribution in [3.05, 3.63) is 0 Å². The van der Waals surface area contributed by atoms with Crippen LogP contribution in [0.15, 0.2) is 0 Å². The molecule has 2 N–H and O–H groups in total. The second-order valence-corrected chi connectivity index (χ2v) is 5.38. The van der Waals surface area contributed by atoms with Crippen LogP contribution in [0, 0.1) is 5.41 Å². The van der Waals surface area contributed by atoms with Crippen LogP contribution in [0.5, 0.6) is 0 Å². The monoisotopic (exact) mass is 185 g/mol. The molecule has 2 nitrogen and oxygen atoms in total. The molecule has 0 aromatic rings. The van der Waals surface area contributed by atoms with Crippen LogP contribution in [-0.4, -0.2) is 18.8 Å². The molecule has 78 valence electrons. The Kier molecular flexibility index (Phi) is 3.74. The molecule has 0 aromatic carbocycles. The summed E-state index contributed by atoms with van der Waals surface area (Å²) in [5.41, 5.74) is 6.19. The number of ether oxygens (including phenoxy) is 1. The molecule has 0 bridgehead atoms. The lowest BCUT2D eigenvalue weighted by Crippen LogP contribution is -2.19. The fourth-order valence-electron chi connectivity index (χ4n) is 1.66. The maximum Gasteiger partial charge on any atom is 0.0590 e. The fourth-order valence-corrected chi connectivity index (χ4v) is 1.66. The molecule has 0 aliphatic heterocycles. The summed E-state index contributed by atoms with van der Waals surface area (Å²) < 4.78 is 5.77. The Labute approximate surface area is 81.8 Å². The molecular weight excluding hydrogens is 162 g/mol. The van der Waals surface area contributed by atoms with Crippen LogP contribution >= 0.6 is 0 Å². The van der Waals surface area contributed by atoms with Gasteiger partial charge in [0.05, 0.1) is 6.10 Å². The molecule has 1 aliphatic rings. The molecule has 0 saturated heterocycles. The summed E-state index contributed by atoms with van der Waals surface area (Å²) in [4.78, 5) is 0. The van der Waals surface area contributed by atoms with Gasteiger partial charge in [0.15, 0.2) is 0 Å². The smallest absolute Gasteiger partial charge is 0.0590 e. The summed E-state index contributed by atoms with van der Waals surface area (Å²) in [6.07, 6.45) is 4.94. The standard InChI is InChI=1S/C11H23NO/c1-11(2,3)6-7-13-10-5-4-9(12)8-10/h9-10H,4-8,12H2,1-3H3. The van der Waals surface area contributed by atoms with Gasteiger partial charge in [0.1, 0.15) is 0 Å². The molecule has 1 aliphatic carbocycles. The number of rotatable bonds is 3. The first-order valence-corrected chi connectivity index (χ1v) is 5.34. The Morgan fingerprint density at radius 1 is 1.31 bits per heavy atom. The van der Waals surface area contributed by atoms with E-state index in [0.29, 0.717) is 17.6 Å². The van der Waals surface area contributed by atoms with Crippen LogP contribution in [0.25, 0.3) is 0 Å². The van der Waals surface area contributed by atoms with Gasteiger partial charge in [0, 0.05) is 12.6 Å². The summed E-state index contributed by atoms with van der Waals surface area (Å²) >= 11 is 0. The largest absolute Gasteiger partial charge is 0.378 e. The normalized spacial score (nSPS) is 29.5. The minimum Gasteiger partial charge on any atom is -0.378 e. The maximum atomic E-state index is 5.80. The van der Waals surface area contributed by atoms with E-state index in [0.717, 1.165) is 32.3 Å². The maximum absolute atomic E-state index is 5.80. The molecule has 2 heteroatoms. The van der Waals surface area contributed by atoms with Gasteiger partial charge in [-0.3, -0.25) is 0 Å². The quantitative estimate of drug-likeness (QED) is 0.732. The van der Waals surface area contributed by atoms with E-state index in [-0.39, 0.29) is 0 Å². The van der Waals surface area contributed by atoms with E-state index < -0.39 is 0 Å². The second-order valence-electron chi connectivity index (χ2n) is 5.38. The summed E-state index contributed by atoms with van der Waals surface area (Å²) in [5.74, 6) is 0. The van der Waals surface area contributed by atoms with Crippen molar-refractivity contribution in [2.45, 2.75) is 58.6 Å². The van der Waals surface area contributed by atoms with E-state index in [4.69, 9.17) is 10.5 Å². The highest BCUT2D eigenvalue weighted by atomic mass is 16.5. The third-order valence-corrected chi connectivity index (χ3v) is 2.63. The zero-order valence-electron chi connectivity index (χ0n) is 9.18. The van der Waals surface area contributed by atoms with Crippen molar-refractivity contribution in [2.24, 2.45) is 11.1 Å². The number of hydrogen-bond donors (Lipinski definition) is 1. The van der Waals surface area contributed by atoms with Gasteiger partial charge in [-0.1, -0.05) is 20.8 Å². The predicted octanol–water partition coefficient (Wildman–Crippen LogP) is 2.32. The number of nitrogens with two attached hydrogens (primary N) is 1. The first-order chi connectivity index (χ1) is 5.97. The van der Waals surface area contributed by atoms with Gasteiger partial charge >= 0.3 is 0 Å². The Balaban J connectivity index is 2.07. The lowest BCUT2D eigenvalue weighted by molar-refractivity contribution is 0.0416. The van der Waals surface area contributed by atoms with E-state index in [1.807, 2.05) is 0 Å². The van der Waals surface area contributed by atoms with Gasteiger partial charge in [0.25, 0.3) is 0 Å². The average Bonchev–Trinajstić information content (AvgIpc) is 2.33. The van der Waals surface area contributed by atoms with Crippen LogP contribution in [0.2, 0.25) is 0 Å². The van der Waals surface area contributed by atoms with E-state index in [1.165, 1.54) is 0 Å². The average molecular weight is 185 g/mol. The van der Waals surface area contributed by atoms with Crippen molar-refractivity contribution >= 4 is 0 Å². The van der Waals surface area contributed by atoms with Crippen LogP contribution in [-0.2, 0) is 4.74 Å². The zero-order chi connectivity index (χ0) is 9.90. The predicted molar refractivity (Wildman–Crippen MR) is 55.6 cm³/mol. The highest BCUT2D eigenvalue weighted by Crippen LogP contribution is 2.23. The highest BCUT2D eigenvalue weighted by molar-refractivity contribution is 4.78. The van der Waals surface area contributed by atoms with E-state index >= 15 is 0 Å². The van der Waals surface area contributed by atoms with Gasteiger partial charge in [-0.05, 0) is 31.1 Å². The molecule has 0 spiro atoms. The van der Waals surface area contributed by atoms with Gasteiger partial charge in [-0.25, -0.2) is 0 Å². The first-order valence-electron chi connectivity index (χ1n) is 5.34. The van der Waals surface area contributed by atoms with Crippen LogP contribution < -0.4 is 5.73 Å². The second kappa shape index (κ2) is 4.43. The SMILES string of the molecule is CC(C)(C)CCOC1CCC(N)C1. The summed E-state index contributed by atoms with van der Waals surface area (Å²) in [6, 6.07) is 0.389. The molecule has 0 aromatic heterocycles. The molecule has 13 heavy (non-hydrogen) atoms. The number of hydrogen-bond acceptors (Lipinski definition) is 2. The van der Waals surface area contributed by atoms with Gasteiger partial charge in [0.2, 0.25) is 0 Å². The molecule has 1 fully saturated rings. The minimum absolute atomic E-state index is 0.389. The van der Waals surface area contributed by atoms with E-state index in [2.05, 4.69) is 20.8 Å². The van der Waals surface area contributed by atoms with E-state index in [1.54, 1.807) is 0 Å². The van der Waals surface area contributed by atoms with Crippen molar-refractivity contribution in [2.75, 3.05) is 6.61 Å². The zero-order valence-corrected chi connectivity index (χ0v) is 9.18. The molecule has 1 rings (SSSR count). The summed E-state index contributed by atoms with van der Waals surface area (Å²) in [5, 5.41) is 0. The van der Waals surface area contributed by atoms with Crippen molar-refractivity contribution in [3.63, 3.8) is 0 Å². The Morgan fingerprint density at radius 2 is 2.00 bits per heavy atom. The van der Waals surface area contributed by atoms with Crippen LogP contribution in [0.3, 0.4) is 0 Å². The third kappa shape index (κ3) is 4.63. The molecule has 2 unspecified atom stereocenters.